The molecule has 0 aliphatic heterocycles. The van der Waals surface area contributed by atoms with Crippen LogP contribution in [0, 0.1) is 12.7 Å². The van der Waals surface area contributed by atoms with E-state index in [0.29, 0.717) is 28.7 Å². The number of tetrazole rings is 1. The highest BCUT2D eigenvalue weighted by Gasteiger charge is 2.35. The van der Waals surface area contributed by atoms with E-state index in [9.17, 15) is 14.0 Å². The molecule has 0 saturated heterocycles. The Labute approximate surface area is 256 Å². The highest BCUT2D eigenvalue weighted by molar-refractivity contribution is 6.01. The Hall–Kier alpha value is -4.34. The Morgan fingerprint density at radius 1 is 0.932 bits per heavy atom. The number of halogens is 1. The van der Waals surface area contributed by atoms with Gasteiger partial charge in [-0.05, 0) is 91.3 Å². The molecule has 10 heteroatoms. The predicted molar refractivity (Wildman–Crippen MR) is 164 cm³/mol. The number of carbonyl (C=O) groups is 2. The van der Waals surface area contributed by atoms with Crippen molar-refractivity contribution in [2.75, 3.05) is 4.90 Å². The molecule has 9 nitrogen and oxygen atoms in total. The van der Waals surface area contributed by atoms with Gasteiger partial charge in [-0.25, -0.2) is 4.39 Å². The Morgan fingerprint density at radius 2 is 1.61 bits per heavy atom. The number of hydrogen-bond donors (Lipinski definition) is 1. The van der Waals surface area contributed by atoms with Crippen LogP contribution >= 0.6 is 0 Å². The van der Waals surface area contributed by atoms with E-state index in [-0.39, 0.29) is 24.3 Å². The number of benzene rings is 2. The van der Waals surface area contributed by atoms with E-state index < -0.39 is 17.8 Å². The van der Waals surface area contributed by atoms with Crippen LogP contribution in [0.3, 0.4) is 0 Å². The van der Waals surface area contributed by atoms with Crippen molar-refractivity contribution in [1.29, 1.82) is 0 Å². The summed E-state index contributed by atoms with van der Waals surface area (Å²) < 4.78 is 19.7. The molecule has 2 heterocycles. The maximum atomic E-state index is 14.2. The van der Waals surface area contributed by atoms with Gasteiger partial charge in [0.05, 0.1) is 0 Å². The minimum Gasteiger partial charge on any atom is -0.458 e. The summed E-state index contributed by atoms with van der Waals surface area (Å²) in [6.07, 6.45) is 11.0. The molecule has 2 aromatic carbocycles. The van der Waals surface area contributed by atoms with Gasteiger partial charge < -0.3 is 9.73 Å². The molecule has 1 N–H and O–H groups in total. The van der Waals surface area contributed by atoms with Crippen LogP contribution < -0.4 is 10.2 Å². The van der Waals surface area contributed by atoms with Crippen LogP contribution in [0.15, 0.2) is 65.1 Å². The number of amides is 2. The number of nitrogens with one attached hydrogen (secondary N) is 1. The summed E-state index contributed by atoms with van der Waals surface area (Å²) in [7, 11) is 0. The molecule has 2 aromatic heterocycles. The lowest BCUT2D eigenvalue weighted by molar-refractivity contribution is -0.127. The molecule has 0 spiro atoms. The van der Waals surface area contributed by atoms with Gasteiger partial charge in [-0.3, -0.25) is 14.5 Å². The Morgan fingerprint density at radius 3 is 2.27 bits per heavy atom. The lowest BCUT2D eigenvalue weighted by Crippen LogP contribution is -2.48. The number of carbonyl (C=O) groups excluding carboxylic acids is 2. The molecule has 1 unspecified atom stereocenters. The molecule has 230 valence electrons. The first-order chi connectivity index (χ1) is 21.4. The number of rotatable bonds is 9. The van der Waals surface area contributed by atoms with Gasteiger partial charge in [0.15, 0.2) is 5.76 Å². The largest absolute Gasteiger partial charge is 0.458 e. The molecule has 1 atom stereocenters. The number of aromatic nitrogens is 4. The summed E-state index contributed by atoms with van der Waals surface area (Å²) in [5.74, 6) is 0.803. The molecule has 2 saturated carbocycles. The van der Waals surface area contributed by atoms with Crippen LogP contribution in [0.1, 0.15) is 93.1 Å². The van der Waals surface area contributed by atoms with Gasteiger partial charge in [0.1, 0.15) is 24.2 Å². The lowest BCUT2D eigenvalue weighted by atomic mass is 9.84. The Bertz CT molecular complexity index is 1550. The van der Waals surface area contributed by atoms with E-state index in [2.05, 4.69) is 32.9 Å². The first-order valence-corrected chi connectivity index (χ1v) is 15.8. The summed E-state index contributed by atoms with van der Waals surface area (Å²) in [5.41, 5.74) is 2.33. The molecule has 0 bridgehead atoms. The average Bonchev–Trinajstić information content (AvgIpc) is 3.70. The fraction of sp³-hybridized carbons (Fsp3) is 0.441. The van der Waals surface area contributed by atoms with Crippen LogP contribution in [-0.4, -0.2) is 38.1 Å². The second-order valence-corrected chi connectivity index (χ2v) is 12.0. The number of hydrogen-bond acceptors (Lipinski definition) is 6. The van der Waals surface area contributed by atoms with E-state index in [1.807, 2.05) is 19.1 Å². The fourth-order valence-electron chi connectivity index (χ4n) is 6.53. The molecule has 2 fully saturated rings. The Kier molecular flexibility index (Phi) is 9.14. The third-order valence-corrected chi connectivity index (χ3v) is 8.85. The second-order valence-electron chi connectivity index (χ2n) is 12.0. The van der Waals surface area contributed by atoms with E-state index in [4.69, 9.17) is 4.42 Å². The molecular formula is C34H39FN6O3. The first kappa shape index (κ1) is 29.7. The highest BCUT2D eigenvalue weighted by Crippen LogP contribution is 2.35. The maximum absolute atomic E-state index is 14.2. The molecular weight excluding hydrogens is 559 g/mol. The van der Waals surface area contributed by atoms with Crippen LogP contribution in [0.5, 0.6) is 0 Å². The second kappa shape index (κ2) is 13.5. The maximum Gasteiger partial charge on any atom is 0.251 e. The minimum atomic E-state index is -1.03. The molecule has 4 aromatic rings. The van der Waals surface area contributed by atoms with Crippen molar-refractivity contribution in [3.05, 3.63) is 83.4 Å². The molecule has 2 aliphatic rings. The van der Waals surface area contributed by atoms with E-state index in [0.717, 1.165) is 44.9 Å². The van der Waals surface area contributed by atoms with E-state index in [1.165, 1.54) is 46.7 Å². The zero-order valence-electron chi connectivity index (χ0n) is 25.1. The summed E-state index contributed by atoms with van der Waals surface area (Å²) >= 11 is 0. The van der Waals surface area contributed by atoms with Crippen molar-refractivity contribution in [2.24, 2.45) is 0 Å². The zero-order chi connectivity index (χ0) is 30.5. The summed E-state index contributed by atoms with van der Waals surface area (Å²) in [5, 5.41) is 15.7. The van der Waals surface area contributed by atoms with Gasteiger partial charge in [-0.15, -0.1) is 10.2 Å². The lowest BCUT2D eigenvalue weighted by Gasteiger charge is -2.33. The zero-order valence-corrected chi connectivity index (χ0v) is 25.1. The van der Waals surface area contributed by atoms with Crippen LogP contribution in [0.2, 0.25) is 0 Å². The number of aryl methyl sites for hydroxylation is 1. The molecule has 6 rings (SSSR count). The molecule has 2 aliphatic carbocycles. The molecule has 0 radical (unpaired) electrons. The minimum absolute atomic E-state index is 0.0288. The van der Waals surface area contributed by atoms with Gasteiger partial charge >= 0.3 is 0 Å². The standard InChI is InChI=1S/C34H39FN6O3/c1-23-12-21-30(44-23)33-37-39-40(38-33)22-31(42)41(29-19-15-25(16-20-29)24-8-4-2-5-9-24)32(26-13-17-27(35)18-14-26)34(43)36-28-10-6-3-7-11-28/h12-21,24,28,32H,2-11,22H2,1H3,(H,36,43). The smallest absolute Gasteiger partial charge is 0.251 e. The van der Waals surface area contributed by atoms with Gasteiger partial charge in [0, 0.05) is 11.7 Å². The van der Waals surface area contributed by atoms with Gasteiger partial charge in [0.25, 0.3) is 5.91 Å². The fourth-order valence-corrected chi connectivity index (χ4v) is 6.53. The number of nitrogens with zero attached hydrogens (tertiary/aromatic N) is 5. The van der Waals surface area contributed by atoms with Crippen LogP contribution in [0.4, 0.5) is 10.1 Å². The van der Waals surface area contributed by atoms with Crippen molar-refractivity contribution < 1.29 is 18.4 Å². The van der Waals surface area contributed by atoms with E-state index >= 15 is 0 Å². The van der Waals surface area contributed by atoms with Gasteiger partial charge in [0.2, 0.25) is 11.7 Å². The third kappa shape index (κ3) is 6.90. The van der Waals surface area contributed by atoms with Crippen LogP contribution in [0.25, 0.3) is 11.6 Å². The van der Waals surface area contributed by atoms with Gasteiger partial charge in [-0.1, -0.05) is 62.8 Å². The number of anilines is 1. The Balaban J connectivity index is 1.35. The molecule has 44 heavy (non-hydrogen) atoms. The summed E-state index contributed by atoms with van der Waals surface area (Å²) in [6.45, 7) is 1.56. The van der Waals surface area contributed by atoms with Crippen molar-refractivity contribution in [3.63, 3.8) is 0 Å². The van der Waals surface area contributed by atoms with Crippen molar-refractivity contribution in [3.8, 4) is 11.6 Å². The predicted octanol–water partition coefficient (Wildman–Crippen LogP) is 6.65. The quantitative estimate of drug-likeness (QED) is 0.231. The monoisotopic (exact) mass is 598 g/mol. The average molecular weight is 599 g/mol. The normalized spacial score (nSPS) is 16.9. The first-order valence-electron chi connectivity index (χ1n) is 15.8. The van der Waals surface area contributed by atoms with Crippen molar-refractivity contribution in [1.82, 2.24) is 25.5 Å². The van der Waals surface area contributed by atoms with Crippen molar-refractivity contribution >= 4 is 17.5 Å². The van der Waals surface area contributed by atoms with Gasteiger partial charge in [-0.2, -0.15) is 4.80 Å². The van der Waals surface area contributed by atoms with Crippen molar-refractivity contribution in [2.45, 2.75) is 95.7 Å². The molecule has 2 amide bonds. The van der Waals surface area contributed by atoms with Crippen LogP contribution in [-0.2, 0) is 16.1 Å². The third-order valence-electron chi connectivity index (χ3n) is 8.85. The van der Waals surface area contributed by atoms with E-state index in [1.54, 1.807) is 24.3 Å². The number of furan rings is 1. The SMILES string of the molecule is Cc1ccc(-c2nnn(CC(=O)N(c3ccc(C4CCCCC4)cc3)C(C(=O)NC3CCCCC3)c3ccc(F)cc3)n2)o1. The summed E-state index contributed by atoms with van der Waals surface area (Å²) in [4.78, 5) is 31.1. The highest BCUT2D eigenvalue weighted by atomic mass is 19.1. The summed E-state index contributed by atoms with van der Waals surface area (Å²) in [6, 6.07) is 16.3. The topological polar surface area (TPSA) is 106 Å².